The Hall–Kier alpha value is -2.12. The number of nitrogens with zero attached hydrogens (tertiary/aromatic N) is 2. The molecule has 0 saturated heterocycles. The molecule has 0 bridgehead atoms. The molecule has 2 heterocycles. The number of aryl methyl sites for hydroxylation is 1. The van der Waals surface area contributed by atoms with Crippen LogP contribution >= 0.6 is 0 Å². The van der Waals surface area contributed by atoms with Gasteiger partial charge in [0, 0.05) is 20.7 Å². The molecule has 1 atom stereocenters. The average Bonchev–Trinajstić information content (AvgIpc) is 3.09. The van der Waals surface area contributed by atoms with E-state index in [9.17, 15) is 9.90 Å². The molecule has 0 spiro atoms. The maximum absolute atomic E-state index is 12.2. The van der Waals surface area contributed by atoms with E-state index in [-0.39, 0.29) is 25.5 Å². The molecule has 0 aliphatic carbocycles. The summed E-state index contributed by atoms with van der Waals surface area (Å²) in [6.45, 7) is 2.14. The Bertz CT molecular complexity index is 605. The minimum atomic E-state index is -0.712. The van der Waals surface area contributed by atoms with Crippen LogP contribution in [0.1, 0.15) is 11.5 Å². The van der Waals surface area contributed by atoms with E-state index in [0.717, 1.165) is 0 Å². The fraction of sp³-hybridized carbons (Fsp3) is 0.467. The van der Waals surface area contributed by atoms with Crippen molar-refractivity contribution >= 4 is 5.91 Å². The number of aliphatic hydroxyl groups is 1. The predicted molar refractivity (Wildman–Crippen MR) is 78.2 cm³/mol. The largest absolute Gasteiger partial charge is 0.459 e. The van der Waals surface area contributed by atoms with Crippen LogP contribution in [0.15, 0.2) is 27.2 Å². The summed E-state index contributed by atoms with van der Waals surface area (Å²) in [4.78, 5) is 17.9. The van der Waals surface area contributed by atoms with Gasteiger partial charge in [-0.05, 0) is 19.1 Å². The fourth-order valence-corrected chi connectivity index (χ4v) is 2.04. The molecule has 1 N–H and O–H groups in total. The maximum atomic E-state index is 12.2. The van der Waals surface area contributed by atoms with Gasteiger partial charge in [-0.2, -0.15) is 0 Å². The van der Waals surface area contributed by atoms with Gasteiger partial charge in [0.2, 0.25) is 5.91 Å². The topological polar surface area (TPSA) is 88.9 Å². The summed E-state index contributed by atoms with van der Waals surface area (Å²) < 4.78 is 15.6. The SMILES string of the molecule is COCC(O)CN(C)C(=O)Cc1nc(-c2ccco2)oc1C. The van der Waals surface area contributed by atoms with E-state index >= 15 is 0 Å². The summed E-state index contributed by atoms with van der Waals surface area (Å²) in [6.07, 6.45) is 0.924. The molecule has 0 fully saturated rings. The monoisotopic (exact) mass is 308 g/mol. The summed E-state index contributed by atoms with van der Waals surface area (Å²) in [5.41, 5.74) is 0.560. The van der Waals surface area contributed by atoms with Crippen molar-refractivity contribution < 1.29 is 23.5 Å². The van der Waals surface area contributed by atoms with Gasteiger partial charge in [0.05, 0.1) is 31.1 Å². The van der Waals surface area contributed by atoms with Crippen LogP contribution in [0.25, 0.3) is 11.7 Å². The van der Waals surface area contributed by atoms with Gasteiger partial charge >= 0.3 is 0 Å². The third kappa shape index (κ3) is 3.96. The predicted octanol–water partition coefficient (Wildman–Crippen LogP) is 1.25. The molecule has 7 heteroatoms. The van der Waals surface area contributed by atoms with Gasteiger partial charge in [-0.1, -0.05) is 0 Å². The number of likely N-dealkylation sites (N-methyl/N-ethyl adjacent to an activating group) is 1. The summed E-state index contributed by atoms with van der Waals surface area (Å²) in [5, 5.41) is 9.65. The highest BCUT2D eigenvalue weighted by Crippen LogP contribution is 2.22. The van der Waals surface area contributed by atoms with Crippen molar-refractivity contribution in [3.63, 3.8) is 0 Å². The second kappa shape index (κ2) is 7.24. The summed E-state index contributed by atoms with van der Waals surface area (Å²) in [5.74, 6) is 1.29. The second-order valence-corrected chi connectivity index (χ2v) is 5.06. The first-order chi connectivity index (χ1) is 10.5. The van der Waals surface area contributed by atoms with Gasteiger partial charge in [0.1, 0.15) is 5.76 Å². The van der Waals surface area contributed by atoms with Crippen LogP contribution in [0, 0.1) is 6.92 Å². The standard InChI is InChI=1S/C15H20N2O5/c1-10-12(16-15(22-10)13-5-4-6-21-13)7-14(19)17(2)8-11(18)9-20-3/h4-6,11,18H,7-9H2,1-3H3. The Morgan fingerprint density at radius 2 is 2.32 bits per heavy atom. The van der Waals surface area contributed by atoms with Crippen molar-refractivity contribution in [2.75, 3.05) is 27.3 Å². The van der Waals surface area contributed by atoms with Gasteiger partial charge in [0.15, 0.2) is 5.76 Å². The van der Waals surface area contributed by atoms with Crippen molar-refractivity contribution in [3.05, 3.63) is 29.9 Å². The van der Waals surface area contributed by atoms with Crippen LogP contribution in [-0.2, 0) is 16.0 Å². The zero-order valence-corrected chi connectivity index (χ0v) is 12.9. The zero-order valence-electron chi connectivity index (χ0n) is 12.9. The number of rotatable bonds is 7. The molecule has 1 amide bonds. The molecule has 2 aromatic rings. The van der Waals surface area contributed by atoms with Crippen LogP contribution in [0.4, 0.5) is 0 Å². The lowest BCUT2D eigenvalue weighted by molar-refractivity contribution is -0.130. The lowest BCUT2D eigenvalue weighted by atomic mass is 10.2. The summed E-state index contributed by atoms with van der Waals surface area (Å²) in [6, 6.07) is 3.48. The lowest BCUT2D eigenvalue weighted by Gasteiger charge is -2.20. The molecule has 22 heavy (non-hydrogen) atoms. The number of aromatic nitrogens is 1. The number of amides is 1. The normalized spacial score (nSPS) is 12.4. The molecule has 0 aliphatic heterocycles. The molecule has 0 radical (unpaired) electrons. The first kappa shape index (κ1) is 16.3. The fourth-order valence-electron chi connectivity index (χ4n) is 2.04. The van der Waals surface area contributed by atoms with E-state index < -0.39 is 6.10 Å². The minimum absolute atomic E-state index is 0.103. The molecule has 0 saturated carbocycles. The number of hydrogen-bond acceptors (Lipinski definition) is 6. The first-order valence-corrected chi connectivity index (χ1v) is 6.92. The molecule has 0 aromatic carbocycles. The highest BCUT2D eigenvalue weighted by molar-refractivity contribution is 5.78. The molecule has 120 valence electrons. The highest BCUT2D eigenvalue weighted by atomic mass is 16.5. The van der Waals surface area contributed by atoms with E-state index in [1.165, 1.54) is 18.3 Å². The molecule has 2 aromatic heterocycles. The van der Waals surface area contributed by atoms with Crippen LogP contribution in [-0.4, -0.2) is 54.3 Å². The number of hydrogen-bond donors (Lipinski definition) is 1. The summed E-state index contributed by atoms with van der Waals surface area (Å²) >= 11 is 0. The maximum Gasteiger partial charge on any atom is 0.263 e. The Kier molecular flexibility index (Phi) is 5.35. The lowest BCUT2D eigenvalue weighted by Crippen LogP contribution is -2.37. The third-order valence-corrected chi connectivity index (χ3v) is 3.21. The number of carbonyl (C=O) groups is 1. The number of carbonyl (C=O) groups excluding carboxylic acids is 1. The highest BCUT2D eigenvalue weighted by Gasteiger charge is 2.19. The number of furan rings is 1. The molecule has 2 rings (SSSR count). The van der Waals surface area contributed by atoms with E-state index in [1.807, 2.05) is 0 Å². The van der Waals surface area contributed by atoms with Crippen LogP contribution < -0.4 is 0 Å². The minimum Gasteiger partial charge on any atom is -0.459 e. The number of oxazole rings is 1. The third-order valence-electron chi connectivity index (χ3n) is 3.21. The Morgan fingerprint density at radius 1 is 1.55 bits per heavy atom. The first-order valence-electron chi connectivity index (χ1n) is 6.92. The molecule has 1 unspecified atom stereocenters. The van der Waals surface area contributed by atoms with Gasteiger partial charge in [0.25, 0.3) is 5.89 Å². The van der Waals surface area contributed by atoms with E-state index in [4.69, 9.17) is 13.6 Å². The van der Waals surface area contributed by atoms with E-state index in [2.05, 4.69) is 4.98 Å². The van der Waals surface area contributed by atoms with Crippen LogP contribution in [0.3, 0.4) is 0 Å². The van der Waals surface area contributed by atoms with Crippen LogP contribution in [0.2, 0.25) is 0 Å². The second-order valence-electron chi connectivity index (χ2n) is 5.06. The smallest absolute Gasteiger partial charge is 0.263 e. The van der Waals surface area contributed by atoms with Crippen molar-refractivity contribution in [2.24, 2.45) is 0 Å². The van der Waals surface area contributed by atoms with Crippen molar-refractivity contribution in [1.29, 1.82) is 0 Å². The average molecular weight is 308 g/mol. The van der Waals surface area contributed by atoms with Crippen molar-refractivity contribution in [3.8, 4) is 11.7 Å². The van der Waals surface area contributed by atoms with E-state index in [1.54, 1.807) is 26.1 Å². The van der Waals surface area contributed by atoms with E-state index in [0.29, 0.717) is 23.1 Å². The molecular formula is C15H20N2O5. The molecule has 7 nitrogen and oxygen atoms in total. The summed E-state index contributed by atoms with van der Waals surface area (Å²) in [7, 11) is 3.13. The Labute approximate surface area is 128 Å². The van der Waals surface area contributed by atoms with Gasteiger partial charge < -0.3 is 23.6 Å². The Balaban J connectivity index is 1.99. The molecule has 0 aliphatic rings. The van der Waals surface area contributed by atoms with Crippen molar-refractivity contribution in [1.82, 2.24) is 9.88 Å². The number of ether oxygens (including phenoxy) is 1. The quantitative estimate of drug-likeness (QED) is 0.828. The van der Waals surface area contributed by atoms with Crippen molar-refractivity contribution in [2.45, 2.75) is 19.4 Å². The van der Waals surface area contributed by atoms with Gasteiger partial charge in [-0.25, -0.2) is 4.98 Å². The Morgan fingerprint density at radius 3 is 2.95 bits per heavy atom. The number of aliphatic hydroxyl groups excluding tert-OH is 1. The zero-order chi connectivity index (χ0) is 16.1. The van der Waals surface area contributed by atoms with Gasteiger partial charge in [-0.3, -0.25) is 4.79 Å². The van der Waals surface area contributed by atoms with Gasteiger partial charge in [-0.15, -0.1) is 0 Å². The van der Waals surface area contributed by atoms with Crippen LogP contribution in [0.5, 0.6) is 0 Å². The molecular weight excluding hydrogens is 288 g/mol. The number of methoxy groups -OCH3 is 1.